The van der Waals surface area contributed by atoms with Crippen LogP contribution < -0.4 is 0 Å². The van der Waals surface area contributed by atoms with Crippen molar-refractivity contribution < 1.29 is 5.21 Å². The van der Waals surface area contributed by atoms with Crippen LogP contribution in [0.5, 0.6) is 0 Å². The zero-order chi connectivity index (χ0) is 10.1. The number of oxime groups is 1. The Hall–Kier alpha value is -1.38. The number of hydrogen-bond acceptors (Lipinski definition) is 3. The molecule has 1 rings (SSSR count). The van der Waals surface area contributed by atoms with Gasteiger partial charge in [-0.05, 0) is 18.1 Å². The van der Waals surface area contributed by atoms with E-state index in [9.17, 15) is 0 Å². The summed E-state index contributed by atoms with van der Waals surface area (Å²) in [5, 5.41) is 11.2. The van der Waals surface area contributed by atoms with E-state index in [0.717, 1.165) is 17.7 Å². The van der Waals surface area contributed by atoms with Crippen LogP contribution in [0.25, 0.3) is 0 Å². The first-order chi connectivity index (χ1) is 6.38. The molecule has 0 unspecified atom stereocenters. The second-order valence-electron chi connectivity index (χ2n) is 2.15. The SMILES string of the molecule is CC.CCc1cccnc1/C=N/O. The summed E-state index contributed by atoms with van der Waals surface area (Å²) in [4.78, 5) is 4.03. The predicted molar refractivity (Wildman–Crippen MR) is 54.3 cm³/mol. The molecule has 1 heterocycles. The summed E-state index contributed by atoms with van der Waals surface area (Å²) in [5.74, 6) is 0. The van der Waals surface area contributed by atoms with Crippen molar-refractivity contribution >= 4 is 6.21 Å². The molecule has 0 aliphatic carbocycles. The molecular formula is C10H16N2O. The average molecular weight is 180 g/mol. The Labute approximate surface area is 79.1 Å². The van der Waals surface area contributed by atoms with Crippen molar-refractivity contribution in [3.63, 3.8) is 0 Å². The lowest BCUT2D eigenvalue weighted by molar-refractivity contribution is 0.321. The molecule has 0 spiro atoms. The van der Waals surface area contributed by atoms with E-state index in [1.165, 1.54) is 6.21 Å². The second kappa shape index (κ2) is 7.28. The highest BCUT2D eigenvalue weighted by atomic mass is 16.4. The highest BCUT2D eigenvalue weighted by Gasteiger charge is 1.96. The minimum atomic E-state index is 0.734. The number of pyridine rings is 1. The van der Waals surface area contributed by atoms with Gasteiger partial charge in [0.2, 0.25) is 0 Å². The summed E-state index contributed by atoms with van der Waals surface area (Å²) in [6.45, 7) is 6.03. The quantitative estimate of drug-likeness (QED) is 0.431. The maximum Gasteiger partial charge on any atom is 0.0920 e. The minimum Gasteiger partial charge on any atom is -0.411 e. The third-order valence-corrected chi connectivity index (χ3v) is 1.49. The Morgan fingerprint density at radius 2 is 2.23 bits per heavy atom. The van der Waals surface area contributed by atoms with Crippen molar-refractivity contribution in [1.82, 2.24) is 4.98 Å². The molecule has 0 saturated carbocycles. The monoisotopic (exact) mass is 180 g/mol. The van der Waals surface area contributed by atoms with Crippen molar-refractivity contribution in [2.45, 2.75) is 27.2 Å². The smallest absolute Gasteiger partial charge is 0.0920 e. The molecule has 13 heavy (non-hydrogen) atoms. The first-order valence-corrected chi connectivity index (χ1v) is 4.49. The Kier molecular flexibility index (Phi) is 6.51. The van der Waals surface area contributed by atoms with Crippen LogP contribution in [-0.4, -0.2) is 16.4 Å². The van der Waals surface area contributed by atoms with E-state index in [1.54, 1.807) is 6.20 Å². The van der Waals surface area contributed by atoms with Gasteiger partial charge < -0.3 is 5.21 Å². The van der Waals surface area contributed by atoms with Gasteiger partial charge in [0.05, 0.1) is 11.9 Å². The summed E-state index contributed by atoms with van der Waals surface area (Å²) in [6.07, 6.45) is 3.92. The zero-order valence-electron chi connectivity index (χ0n) is 8.36. The molecule has 72 valence electrons. The van der Waals surface area contributed by atoms with E-state index in [0.29, 0.717) is 0 Å². The Balaban J connectivity index is 0.000000671. The van der Waals surface area contributed by atoms with Crippen LogP contribution in [-0.2, 0) is 6.42 Å². The number of hydrogen-bond donors (Lipinski definition) is 1. The second-order valence-corrected chi connectivity index (χ2v) is 2.15. The van der Waals surface area contributed by atoms with Gasteiger partial charge in [-0.15, -0.1) is 0 Å². The van der Waals surface area contributed by atoms with Gasteiger partial charge in [0.25, 0.3) is 0 Å². The predicted octanol–water partition coefficient (Wildman–Crippen LogP) is 2.48. The van der Waals surface area contributed by atoms with Crippen LogP contribution in [0.4, 0.5) is 0 Å². The number of rotatable bonds is 2. The van der Waals surface area contributed by atoms with E-state index >= 15 is 0 Å². The fourth-order valence-electron chi connectivity index (χ4n) is 0.921. The number of nitrogens with zero attached hydrogens (tertiary/aromatic N) is 2. The van der Waals surface area contributed by atoms with E-state index in [2.05, 4.69) is 10.1 Å². The molecule has 0 fully saturated rings. The minimum absolute atomic E-state index is 0.734. The Morgan fingerprint density at radius 1 is 1.54 bits per heavy atom. The van der Waals surface area contributed by atoms with Crippen molar-refractivity contribution in [3.05, 3.63) is 29.6 Å². The molecule has 1 N–H and O–H groups in total. The molecule has 0 aromatic carbocycles. The first-order valence-electron chi connectivity index (χ1n) is 4.49. The van der Waals surface area contributed by atoms with Crippen molar-refractivity contribution in [3.8, 4) is 0 Å². The fraction of sp³-hybridized carbons (Fsp3) is 0.400. The molecule has 3 heteroatoms. The molecule has 3 nitrogen and oxygen atoms in total. The van der Waals surface area contributed by atoms with E-state index in [1.807, 2.05) is 32.9 Å². The summed E-state index contributed by atoms with van der Waals surface area (Å²) in [5.41, 5.74) is 1.82. The van der Waals surface area contributed by atoms with Crippen molar-refractivity contribution in [1.29, 1.82) is 0 Å². The lowest BCUT2D eigenvalue weighted by atomic mass is 10.1. The molecule has 0 amide bonds. The molecule has 1 aromatic heterocycles. The van der Waals surface area contributed by atoms with Crippen molar-refractivity contribution in [2.24, 2.45) is 5.16 Å². The van der Waals surface area contributed by atoms with Gasteiger partial charge in [-0.1, -0.05) is 32.0 Å². The van der Waals surface area contributed by atoms with Gasteiger partial charge in [0.15, 0.2) is 0 Å². The summed E-state index contributed by atoms with van der Waals surface area (Å²) < 4.78 is 0. The topological polar surface area (TPSA) is 45.5 Å². The van der Waals surface area contributed by atoms with Crippen molar-refractivity contribution in [2.75, 3.05) is 0 Å². The van der Waals surface area contributed by atoms with Crippen LogP contribution in [0.15, 0.2) is 23.5 Å². The maximum absolute atomic E-state index is 8.27. The van der Waals surface area contributed by atoms with Crippen LogP contribution in [0, 0.1) is 0 Å². The van der Waals surface area contributed by atoms with Gasteiger partial charge >= 0.3 is 0 Å². The lowest BCUT2D eigenvalue weighted by Crippen LogP contribution is -1.93. The molecule has 0 bridgehead atoms. The zero-order valence-corrected chi connectivity index (χ0v) is 8.36. The largest absolute Gasteiger partial charge is 0.411 e. The third kappa shape index (κ3) is 3.69. The van der Waals surface area contributed by atoms with E-state index in [-0.39, 0.29) is 0 Å². The molecule has 0 atom stereocenters. The van der Waals surface area contributed by atoms with E-state index in [4.69, 9.17) is 5.21 Å². The van der Waals surface area contributed by atoms with Gasteiger partial charge in [-0.2, -0.15) is 0 Å². The normalized spacial score (nSPS) is 9.46. The van der Waals surface area contributed by atoms with Gasteiger partial charge in [0, 0.05) is 6.20 Å². The number of aromatic nitrogens is 1. The summed E-state index contributed by atoms with van der Waals surface area (Å²) in [7, 11) is 0. The fourth-order valence-corrected chi connectivity index (χ4v) is 0.921. The molecule has 0 radical (unpaired) electrons. The summed E-state index contributed by atoms with van der Waals surface area (Å²) >= 11 is 0. The van der Waals surface area contributed by atoms with Crippen LogP contribution in [0.1, 0.15) is 32.0 Å². The Bertz CT molecular complexity index is 259. The highest BCUT2D eigenvalue weighted by molar-refractivity contribution is 5.78. The van der Waals surface area contributed by atoms with Crippen LogP contribution >= 0.6 is 0 Å². The maximum atomic E-state index is 8.27. The van der Waals surface area contributed by atoms with Gasteiger partial charge in [-0.25, -0.2) is 0 Å². The molecular weight excluding hydrogens is 164 g/mol. The molecule has 0 aliphatic rings. The molecule has 0 saturated heterocycles. The number of aryl methyl sites for hydroxylation is 1. The van der Waals surface area contributed by atoms with Crippen LogP contribution in [0.2, 0.25) is 0 Å². The molecule has 1 aromatic rings. The van der Waals surface area contributed by atoms with Crippen LogP contribution in [0.3, 0.4) is 0 Å². The lowest BCUT2D eigenvalue weighted by Gasteiger charge is -1.97. The standard InChI is InChI=1S/C8H10N2O.C2H6/c1-2-7-4-3-5-9-8(7)6-10-11;1-2/h3-6,11H,2H2,1H3;1-2H3/b10-6+;. The van der Waals surface area contributed by atoms with Gasteiger partial charge in [0.1, 0.15) is 0 Å². The third-order valence-electron chi connectivity index (χ3n) is 1.49. The van der Waals surface area contributed by atoms with Gasteiger partial charge in [-0.3, -0.25) is 4.98 Å². The first kappa shape index (κ1) is 11.6. The highest BCUT2D eigenvalue weighted by Crippen LogP contribution is 2.02. The van der Waals surface area contributed by atoms with E-state index < -0.39 is 0 Å². The average Bonchev–Trinajstić information content (AvgIpc) is 2.22. The summed E-state index contributed by atoms with van der Waals surface area (Å²) in [6, 6.07) is 3.83. The Morgan fingerprint density at radius 3 is 2.77 bits per heavy atom. The molecule has 0 aliphatic heterocycles.